The Balaban J connectivity index is 1.79. The van der Waals surface area contributed by atoms with E-state index < -0.39 is 11.9 Å². The third-order valence-corrected chi connectivity index (χ3v) is 4.63. The lowest BCUT2D eigenvalue weighted by Crippen LogP contribution is -2.17. The van der Waals surface area contributed by atoms with Crippen molar-refractivity contribution in [2.24, 2.45) is 0 Å². The van der Waals surface area contributed by atoms with Gasteiger partial charge in [-0.1, -0.05) is 0 Å². The summed E-state index contributed by atoms with van der Waals surface area (Å²) in [6.45, 7) is -0.653. The molecule has 0 fully saturated rings. The van der Waals surface area contributed by atoms with Crippen LogP contribution in [-0.4, -0.2) is 42.9 Å². The number of aromatic nitrogens is 4. The molecule has 2 aromatic heterocycles. The van der Waals surface area contributed by atoms with Crippen molar-refractivity contribution in [2.45, 2.75) is 6.04 Å². The van der Waals surface area contributed by atoms with E-state index in [2.05, 4.69) is 15.0 Å². The molecule has 0 aliphatic carbocycles. The van der Waals surface area contributed by atoms with Crippen molar-refractivity contribution in [1.29, 1.82) is 0 Å². The Hall–Kier alpha value is -3.69. The normalized spacial score (nSPS) is 11.1. The number of hydrogen-bond acceptors (Lipinski definition) is 6. The lowest BCUT2D eigenvalue weighted by Gasteiger charge is -2.17. The van der Waals surface area contributed by atoms with Gasteiger partial charge in [0.25, 0.3) is 0 Å². The summed E-state index contributed by atoms with van der Waals surface area (Å²) >= 11 is 0. The van der Waals surface area contributed by atoms with E-state index in [-0.39, 0.29) is 25.0 Å². The molecule has 0 aliphatic rings. The molecule has 0 saturated carbocycles. The number of hydrogen-bond donors (Lipinski definition) is 2. The third kappa shape index (κ3) is 4.42. The van der Waals surface area contributed by atoms with Gasteiger partial charge in [-0.15, -0.1) is 0 Å². The van der Waals surface area contributed by atoms with Crippen LogP contribution >= 0.6 is 0 Å². The Bertz CT molecular complexity index is 1160. The summed E-state index contributed by atoms with van der Waals surface area (Å²) in [6, 6.07) is 12.2. The lowest BCUT2D eigenvalue weighted by atomic mass is 10.1. The van der Waals surface area contributed by atoms with Gasteiger partial charge in [0, 0.05) is 11.8 Å². The van der Waals surface area contributed by atoms with Gasteiger partial charge < -0.3 is 19.5 Å². The van der Waals surface area contributed by atoms with E-state index in [1.807, 2.05) is 0 Å². The maximum absolute atomic E-state index is 13.4. The molecule has 2 aromatic carbocycles. The van der Waals surface area contributed by atoms with Crippen molar-refractivity contribution in [3.63, 3.8) is 0 Å². The SMILES string of the molecule is OCC(CO)n1cnc(-c2ccc(F)cc2)c1-c1ccnc(Oc2ccc(F)cc2)n1. The van der Waals surface area contributed by atoms with E-state index >= 15 is 0 Å². The zero-order valence-electron chi connectivity index (χ0n) is 16.2. The summed E-state index contributed by atoms with van der Waals surface area (Å²) in [6.07, 6.45) is 2.97. The fourth-order valence-electron chi connectivity index (χ4n) is 3.07. The highest BCUT2D eigenvalue weighted by atomic mass is 19.1. The Morgan fingerprint density at radius 3 is 2.16 bits per heavy atom. The summed E-state index contributed by atoms with van der Waals surface area (Å²) in [5, 5.41) is 19.4. The van der Waals surface area contributed by atoms with Crippen LogP contribution in [0.15, 0.2) is 67.1 Å². The highest BCUT2D eigenvalue weighted by Crippen LogP contribution is 2.33. The standard InChI is InChI=1S/C22H18F2N4O3/c23-15-3-1-14(2-4-15)20-21(28(13-26-20)17(11-29)12-30)19-9-10-25-22(27-19)31-18-7-5-16(24)6-8-18/h1-10,13,17,29-30H,11-12H2. The maximum Gasteiger partial charge on any atom is 0.322 e. The first kappa shape index (κ1) is 20.6. The van der Waals surface area contributed by atoms with E-state index in [4.69, 9.17) is 4.74 Å². The number of imidazole rings is 1. The number of nitrogens with zero attached hydrogens (tertiary/aromatic N) is 4. The predicted octanol–water partition coefficient (Wildman–Crippen LogP) is 3.60. The van der Waals surface area contributed by atoms with E-state index in [9.17, 15) is 19.0 Å². The molecule has 0 amide bonds. The Morgan fingerprint density at radius 1 is 0.871 bits per heavy atom. The second-order valence-electron chi connectivity index (χ2n) is 6.66. The van der Waals surface area contributed by atoms with E-state index in [1.165, 1.54) is 48.9 Å². The molecule has 0 saturated heterocycles. The molecule has 2 heterocycles. The number of benzene rings is 2. The molecular formula is C22H18F2N4O3. The first-order chi connectivity index (χ1) is 15.1. The molecule has 9 heteroatoms. The van der Waals surface area contributed by atoms with E-state index in [0.29, 0.717) is 28.4 Å². The first-order valence-electron chi connectivity index (χ1n) is 9.40. The van der Waals surface area contributed by atoms with E-state index in [0.717, 1.165) is 0 Å². The van der Waals surface area contributed by atoms with Crippen molar-refractivity contribution >= 4 is 0 Å². The summed E-state index contributed by atoms with van der Waals surface area (Å²) in [5.74, 6) is -0.423. The van der Waals surface area contributed by atoms with Gasteiger partial charge in [0.1, 0.15) is 17.4 Å². The number of halogens is 2. The fraction of sp³-hybridized carbons (Fsp3) is 0.136. The van der Waals surface area contributed by atoms with Gasteiger partial charge in [-0.05, 0) is 54.6 Å². The van der Waals surface area contributed by atoms with Crippen LogP contribution in [0, 0.1) is 11.6 Å². The van der Waals surface area contributed by atoms with Crippen LogP contribution < -0.4 is 4.74 Å². The fourth-order valence-corrected chi connectivity index (χ4v) is 3.07. The van der Waals surface area contributed by atoms with Crippen LogP contribution in [0.4, 0.5) is 8.78 Å². The molecule has 0 spiro atoms. The van der Waals surface area contributed by atoms with Crippen LogP contribution in [0.1, 0.15) is 6.04 Å². The average Bonchev–Trinajstić information content (AvgIpc) is 3.22. The zero-order valence-corrected chi connectivity index (χ0v) is 16.2. The Kier molecular flexibility index (Phi) is 5.96. The summed E-state index contributed by atoms with van der Waals surface area (Å²) in [5.41, 5.74) is 2.02. The number of aliphatic hydroxyl groups excluding tert-OH is 2. The minimum Gasteiger partial charge on any atom is -0.424 e. The summed E-state index contributed by atoms with van der Waals surface area (Å²) < 4.78 is 33.8. The van der Waals surface area contributed by atoms with Gasteiger partial charge in [0.05, 0.1) is 42.7 Å². The predicted molar refractivity (Wildman–Crippen MR) is 108 cm³/mol. The molecule has 31 heavy (non-hydrogen) atoms. The third-order valence-electron chi connectivity index (χ3n) is 4.63. The molecule has 2 N–H and O–H groups in total. The minimum absolute atomic E-state index is 0.0199. The van der Waals surface area contributed by atoms with Crippen LogP contribution in [0.5, 0.6) is 11.8 Å². The monoisotopic (exact) mass is 424 g/mol. The van der Waals surface area contributed by atoms with Crippen molar-refractivity contribution in [2.75, 3.05) is 13.2 Å². The van der Waals surface area contributed by atoms with Gasteiger partial charge in [-0.2, -0.15) is 4.98 Å². The second-order valence-corrected chi connectivity index (χ2v) is 6.66. The Labute approximate surface area is 176 Å². The number of ether oxygens (including phenoxy) is 1. The van der Waals surface area contributed by atoms with Crippen molar-refractivity contribution < 1.29 is 23.7 Å². The van der Waals surface area contributed by atoms with Crippen LogP contribution in [0.2, 0.25) is 0 Å². The topological polar surface area (TPSA) is 93.3 Å². The summed E-state index contributed by atoms with van der Waals surface area (Å²) in [7, 11) is 0. The smallest absolute Gasteiger partial charge is 0.322 e. The van der Waals surface area contributed by atoms with E-state index in [1.54, 1.807) is 22.8 Å². The summed E-state index contributed by atoms with van der Waals surface area (Å²) in [4.78, 5) is 12.9. The first-order valence-corrected chi connectivity index (χ1v) is 9.40. The molecule has 4 rings (SSSR count). The van der Waals surface area contributed by atoms with Gasteiger partial charge >= 0.3 is 6.01 Å². The van der Waals surface area contributed by atoms with Crippen molar-refractivity contribution in [3.8, 4) is 34.4 Å². The average molecular weight is 424 g/mol. The lowest BCUT2D eigenvalue weighted by molar-refractivity contribution is 0.155. The molecule has 0 bridgehead atoms. The maximum atomic E-state index is 13.4. The van der Waals surface area contributed by atoms with Crippen molar-refractivity contribution in [3.05, 3.63) is 78.8 Å². The van der Waals surface area contributed by atoms with Crippen LogP contribution in [0.25, 0.3) is 22.6 Å². The highest BCUT2D eigenvalue weighted by Gasteiger charge is 2.22. The zero-order chi connectivity index (χ0) is 21.8. The van der Waals surface area contributed by atoms with Crippen LogP contribution in [-0.2, 0) is 0 Å². The highest BCUT2D eigenvalue weighted by molar-refractivity contribution is 5.77. The Morgan fingerprint density at radius 2 is 1.52 bits per heavy atom. The second kappa shape index (κ2) is 8.99. The van der Waals surface area contributed by atoms with Crippen LogP contribution in [0.3, 0.4) is 0 Å². The van der Waals surface area contributed by atoms with Gasteiger partial charge in [0.15, 0.2) is 0 Å². The molecule has 158 valence electrons. The molecule has 0 radical (unpaired) electrons. The van der Waals surface area contributed by atoms with Gasteiger partial charge in [-0.25, -0.2) is 18.7 Å². The number of aliphatic hydroxyl groups is 2. The molecule has 4 aromatic rings. The molecule has 0 aliphatic heterocycles. The van der Waals surface area contributed by atoms with Gasteiger partial charge in [0.2, 0.25) is 0 Å². The molecule has 7 nitrogen and oxygen atoms in total. The minimum atomic E-state index is -0.659. The van der Waals surface area contributed by atoms with Gasteiger partial charge in [-0.3, -0.25) is 0 Å². The molecular weight excluding hydrogens is 406 g/mol. The molecule has 0 atom stereocenters. The number of rotatable bonds is 7. The van der Waals surface area contributed by atoms with Crippen molar-refractivity contribution in [1.82, 2.24) is 19.5 Å². The quantitative estimate of drug-likeness (QED) is 0.471. The molecule has 0 unspecified atom stereocenters. The largest absolute Gasteiger partial charge is 0.424 e.